The first-order valence-corrected chi connectivity index (χ1v) is 8.77. The number of hydrogen-bond acceptors (Lipinski definition) is 7. The van der Waals surface area contributed by atoms with E-state index in [1.807, 2.05) is 30.3 Å². The topological polar surface area (TPSA) is 103 Å². The third-order valence-corrected chi connectivity index (χ3v) is 2.93. The molecule has 2 aromatic rings. The van der Waals surface area contributed by atoms with Crippen LogP contribution in [-0.2, 0) is 17.7 Å². The SMILES string of the molecule is CC(C)(C)OC(=O)NC(Cc1ccccc1)c1nnc(CN)o1.CS. The standard InChI is InChI=1S/C16H22N4O3.CH4S/c1-16(2,3)23-15(21)18-12(9-11-7-5-4-6-8-11)14-20-19-13(10-17)22-14;1-2/h4-8,12H,9-10,17H2,1-3H3,(H,18,21);2H,1H3. The zero-order valence-corrected chi connectivity index (χ0v) is 15.9. The van der Waals surface area contributed by atoms with Crippen molar-refractivity contribution in [3.63, 3.8) is 0 Å². The molecule has 1 atom stereocenters. The van der Waals surface area contributed by atoms with E-state index in [1.54, 1.807) is 27.0 Å². The average molecular weight is 366 g/mol. The lowest BCUT2D eigenvalue weighted by molar-refractivity contribution is 0.0495. The molecule has 0 radical (unpaired) electrons. The van der Waals surface area contributed by atoms with Gasteiger partial charge >= 0.3 is 6.09 Å². The Balaban J connectivity index is 0.00000151. The van der Waals surface area contributed by atoms with Crippen molar-refractivity contribution in [3.05, 3.63) is 47.7 Å². The van der Waals surface area contributed by atoms with Gasteiger partial charge in [-0.25, -0.2) is 4.79 Å². The van der Waals surface area contributed by atoms with Crippen LogP contribution < -0.4 is 11.1 Å². The zero-order valence-electron chi connectivity index (χ0n) is 15.0. The van der Waals surface area contributed by atoms with Crippen molar-refractivity contribution in [2.45, 2.75) is 45.4 Å². The van der Waals surface area contributed by atoms with Crippen molar-refractivity contribution >= 4 is 18.7 Å². The molecular formula is C17H26N4O3S. The van der Waals surface area contributed by atoms with E-state index in [1.165, 1.54) is 0 Å². The third kappa shape index (κ3) is 7.57. The lowest BCUT2D eigenvalue weighted by Crippen LogP contribution is -2.36. The minimum Gasteiger partial charge on any atom is -0.444 e. The summed E-state index contributed by atoms with van der Waals surface area (Å²) in [5, 5.41) is 10.6. The monoisotopic (exact) mass is 366 g/mol. The molecule has 0 bridgehead atoms. The summed E-state index contributed by atoms with van der Waals surface area (Å²) in [6.45, 7) is 5.56. The Hall–Kier alpha value is -2.06. The van der Waals surface area contributed by atoms with Gasteiger partial charge < -0.3 is 20.2 Å². The molecule has 3 N–H and O–H groups in total. The summed E-state index contributed by atoms with van der Waals surface area (Å²) in [6.07, 6.45) is 1.66. The van der Waals surface area contributed by atoms with Gasteiger partial charge in [-0.2, -0.15) is 12.6 Å². The molecule has 0 saturated heterocycles. The zero-order chi connectivity index (χ0) is 18.9. The van der Waals surface area contributed by atoms with Crippen LogP contribution in [0.15, 0.2) is 34.7 Å². The number of rotatable bonds is 5. The highest BCUT2D eigenvalue weighted by Crippen LogP contribution is 2.18. The first-order chi connectivity index (χ1) is 11.9. The highest BCUT2D eigenvalue weighted by Gasteiger charge is 2.24. The van der Waals surface area contributed by atoms with Gasteiger partial charge in [0.2, 0.25) is 11.8 Å². The Labute approximate surface area is 153 Å². The summed E-state index contributed by atoms with van der Waals surface area (Å²) < 4.78 is 10.8. The molecule has 0 saturated carbocycles. The molecule has 0 aliphatic rings. The van der Waals surface area contributed by atoms with E-state index in [0.29, 0.717) is 18.2 Å². The van der Waals surface area contributed by atoms with Gasteiger partial charge in [-0.3, -0.25) is 0 Å². The molecule has 0 spiro atoms. The van der Waals surface area contributed by atoms with Gasteiger partial charge in [0.15, 0.2) is 0 Å². The molecule has 1 aromatic heterocycles. The fourth-order valence-corrected chi connectivity index (χ4v) is 1.99. The molecule has 138 valence electrons. The first kappa shape index (κ1) is 21.0. The molecule has 0 aliphatic carbocycles. The highest BCUT2D eigenvalue weighted by molar-refractivity contribution is 7.79. The van der Waals surface area contributed by atoms with Gasteiger partial charge in [0.25, 0.3) is 0 Å². The lowest BCUT2D eigenvalue weighted by atomic mass is 10.1. The Morgan fingerprint density at radius 1 is 1.28 bits per heavy atom. The number of carbonyl (C=O) groups is 1. The van der Waals surface area contributed by atoms with Crippen molar-refractivity contribution in [2.75, 3.05) is 6.26 Å². The van der Waals surface area contributed by atoms with Crippen molar-refractivity contribution in [1.29, 1.82) is 0 Å². The predicted octanol–water partition coefficient (Wildman–Crippen LogP) is 2.88. The molecule has 2 rings (SSSR count). The lowest BCUT2D eigenvalue weighted by Gasteiger charge is -2.22. The number of aromatic nitrogens is 2. The number of benzene rings is 1. The molecule has 1 amide bonds. The van der Waals surface area contributed by atoms with Crippen LogP contribution in [0.3, 0.4) is 0 Å². The molecular weight excluding hydrogens is 340 g/mol. The van der Waals surface area contributed by atoms with E-state index in [9.17, 15) is 4.79 Å². The summed E-state index contributed by atoms with van der Waals surface area (Å²) in [5.74, 6) is 0.629. The molecule has 8 heteroatoms. The fraction of sp³-hybridized carbons (Fsp3) is 0.471. The number of alkyl carbamates (subject to hydrolysis) is 1. The normalized spacial score (nSPS) is 11.9. The number of thiol groups is 1. The second-order valence-electron chi connectivity index (χ2n) is 6.13. The number of ether oxygens (including phenoxy) is 1. The molecule has 1 unspecified atom stereocenters. The Morgan fingerprint density at radius 3 is 2.44 bits per heavy atom. The molecule has 0 fully saturated rings. The van der Waals surface area contributed by atoms with Crippen LogP contribution in [0.4, 0.5) is 4.79 Å². The summed E-state index contributed by atoms with van der Waals surface area (Å²) in [6, 6.07) is 9.23. The number of nitrogens with one attached hydrogen (secondary N) is 1. The Kier molecular flexibility index (Phi) is 8.44. The highest BCUT2D eigenvalue weighted by atomic mass is 32.1. The summed E-state index contributed by atoms with van der Waals surface area (Å²) >= 11 is 3.53. The number of carbonyl (C=O) groups excluding carboxylic acids is 1. The van der Waals surface area contributed by atoms with Crippen LogP contribution in [0.2, 0.25) is 0 Å². The second kappa shape index (κ2) is 10.0. The minimum absolute atomic E-state index is 0.150. The Bertz CT molecular complexity index is 641. The molecule has 25 heavy (non-hydrogen) atoms. The van der Waals surface area contributed by atoms with Crippen LogP contribution >= 0.6 is 12.6 Å². The predicted molar refractivity (Wildman–Crippen MR) is 99.4 cm³/mol. The first-order valence-electron chi connectivity index (χ1n) is 7.88. The van der Waals surface area contributed by atoms with Gasteiger partial charge in [-0.15, -0.1) is 10.2 Å². The maximum Gasteiger partial charge on any atom is 0.408 e. The van der Waals surface area contributed by atoms with Crippen LogP contribution in [0, 0.1) is 0 Å². The third-order valence-electron chi connectivity index (χ3n) is 2.93. The van der Waals surface area contributed by atoms with E-state index >= 15 is 0 Å². The van der Waals surface area contributed by atoms with Crippen molar-refractivity contribution in [2.24, 2.45) is 5.73 Å². The van der Waals surface area contributed by atoms with E-state index in [2.05, 4.69) is 28.1 Å². The van der Waals surface area contributed by atoms with Gasteiger partial charge in [-0.1, -0.05) is 30.3 Å². The van der Waals surface area contributed by atoms with Gasteiger partial charge in [0.05, 0.1) is 6.54 Å². The van der Waals surface area contributed by atoms with Gasteiger partial charge in [0.1, 0.15) is 11.6 Å². The van der Waals surface area contributed by atoms with Gasteiger partial charge in [-0.05, 0) is 32.6 Å². The molecule has 1 aromatic carbocycles. The smallest absolute Gasteiger partial charge is 0.408 e. The maximum absolute atomic E-state index is 12.1. The average Bonchev–Trinajstić information content (AvgIpc) is 3.04. The second-order valence-corrected chi connectivity index (χ2v) is 6.13. The minimum atomic E-state index is -0.585. The molecule has 1 heterocycles. The van der Waals surface area contributed by atoms with Crippen LogP contribution in [0.25, 0.3) is 0 Å². The van der Waals surface area contributed by atoms with Crippen molar-refractivity contribution in [3.8, 4) is 0 Å². The number of nitrogens with two attached hydrogens (primary N) is 1. The van der Waals surface area contributed by atoms with E-state index in [4.69, 9.17) is 14.9 Å². The molecule has 0 aliphatic heterocycles. The summed E-state index contributed by atoms with van der Waals surface area (Å²) in [5.41, 5.74) is 5.94. The van der Waals surface area contributed by atoms with E-state index < -0.39 is 17.7 Å². The van der Waals surface area contributed by atoms with Crippen LogP contribution in [-0.4, -0.2) is 28.1 Å². The number of nitrogens with zero attached hydrogens (tertiary/aromatic N) is 2. The summed E-state index contributed by atoms with van der Waals surface area (Å²) in [4.78, 5) is 12.1. The van der Waals surface area contributed by atoms with E-state index in [-0.39, 0.29) is 6.54 Å². The van der Waals surface area contributed by atoms with Crippen molar-refractivity contribution < 1.29 is 13.9 Å². The summed E-state index contributed by atoms with van der Waals surface area (Å²) in [7, 11) is 0. The quantitative estimate of drug-likeness (QED) is 0.703. The van der Waals surface area contributed by atoms with Crippen molar-refractivity contribution in [1.82, 2.24) is 15.5 Å². The largest absolute Gasteiger partial charge is 0.444 e. The molecule has 7 nitrogen and oxygen atoms in total. The fourth-order valence-electron chi connectivity index (χ4n) is 1.99. The Morgan fingerprint density at radius 2 is 1.92 bits per heavy atom. The van der Waals surface area contributed by atoms with E-state index in [0.717, 1.165) is 5.56 Å². The van der Waals surface area contributed by atoms with Gasteiger partial charge in [0, 0.05) is 6.42 Å². The van der Waals surface area contributed by atoms with Crippen LogP contribution in [0.5, 0.6) is 0 Å². The number of hydrogen-bond donors (Lipinski definition) is 3. The maximum atomic E-state index is 12.1. The number of amides is 1. The van der Waals surface area contributed by atoms with Crippen LogP contribution in [0.1, 0.15) is 44.2 Å².